The van der Waals surface area contributed by atoms with Crippen molar-refractivity contribution in [2.45, 2.75) is 6.92 Å². The Kier molecular flexibility index (Phi) is 2.97. The van der Waals surface area contributed by atoms with Crippen molar-refractivity contribution in [1.82, 2.24) is 9.38 Å². The molecule has 0 atom stereocenters. The first kappa shape index (κ1) is 13.1. The van der Waals surface area contributed by atoms with E-state index >= 15 is 0 Å². The van der Waals surface area contributed by atoms with Crippen LogP contribution in [0.25, 0.3) is 5.65 Å². The number of nitrogens with zero attached hydrogens (tertiary/aromatic N) is 4. The van der Waals surface area contributed by atoms with Crippen LogP contribution >= 0.6 is 11.6 Å². The number of imidazole rings is 1. The highest BCUT2D eigenvalue weighted by atomic mass is 35.5. The summed E-state index contributed by atoms with van der Waals surface area (Å²) in [6.07, 6.45) is 1.77. The molecule has 2 aromatic heterocycles. The first-order valence-electron chi connectivity index (χ1n) is 6.66. The molecule has 0 saturated carbocycles. The van der Waals surface area contributed by atoms with Crippen LogP contribution in [0.1, 0.15) is 5.69 Å². The van der Waals surface area contributed by atoms with Crippen LogP contribution in [0, 0.1) is 6.92 Å². The van der Waals surface area contributed by atoms with Crippen molar-refractivity contribution in [2.75, 3.05) is 6.79 Å². The summed E-state index contributed by atoms with van der Waals surface area (Å²) in [5.74, 6) is 2.04. The third-order valence-corrected chi connectivity index (χ3v) is 3.56. The van der Waals surface area contributed by atoms with Gasteiger partial charge < -0.3 is 9.47 Å². The number of halogens is 1. The summed E-state index contributed by atoms with van der Waals surface area (Å²) < 4.78 is 12.4. The Morgan fingerprint density at radius 2 is 2.00 bits per heavy atom. The smallest absolute Gasteiger partial charge is 0.231 e. The van der Waals surface area contributed by atoms with Crippen molar-refractivity contribution in [3.63, 3.8) is 0 Å². The zero-order chi connectivity index (χ0) is 15.1. The molecule has 0 amide bonds. The lowest BCUT2D eigenvalue weighted by Crippen LogP contribution is -1.92. The van der Waals surface area contributed by atoms with Crippen molar-refractivity contribution < 1.29 is 9.47 Å². The van der Waals surface area contributed by atoms with Gasteiger partial charge in [0, 0.05) is 12.3 Å². The van der Waals surface area contributed by atoms with E-state index in [1.807, 2.05) is 29.5 Å². The molecule has 0 saturated heterocycles. The highest BCUT2D eigenvalue weighted by Gasteiger charge is 2.13. The van der Waals surface area contributed by atoms with Gasteiger partial charge in [0.1, 0.15) is 5.65 Å². The monoisotopic (exact) mass is 314 g/mol. The second-order valence-corrected chi connectivity index (χ2v) is 5.27. The molecule has 0 fully saturated rings. The molecule has 7 heteroatoms. The van der Waals surface area contributed by atoms with Gasteiger partial charge in [-0.05, 0) is 31.2 Å². The number of ether oxygens (including phenoxy) is 2. The predicted octanol–water partition coefficient (Wildman–Crippen LogP) is 4.44. The van der Waals surface area contributed by atoms with Crippen LogP contribution in [-0.4, -0.2) is 16.2 Å². The molecular weight excluding hydrogens is 304 g/mol. The molecule has 3 aromatic rings. The van der Waals surface area contributed by atoms with Crippen molar-refractivity contribution in [2.24, 2.45) is 10.2 Å². The van der Waals surface area contributed by atoms with E-state index in [2.05, 4.69) is 15.2 Å². The minimum Gasteiger partial charge on any atom is -0.454 e. The summed E-state index contributed by atoms with van der Waals surface area (Å²) in [6, 6.07) is 9.06. The molecule has 0 spiro atoms. The molecule has 0 N–H and O–H groups in total. The number of aryl methyl sites for hydroxylation is 1. The normalized spacial score (nSPS) is 13.4. The highest BCUT2D eigenvalue weighted by molar-refractivity contribution is 6.30. The SMILES string of the molecule is Cc1nc2ccc(Cl)cn2c1N=Nc1ccc2c(c1)OCO2. The first-order valence-corrected chi connectivity index (χ1v) is 7.04. The first-order chi connectivity index (χ1) is 10.7. The van der Waals surface area contributed by atoms with Crippen molar-refractivity contribution in [3.8, 4) is 11.5 Å². The fraction of sp³-hybridized carbons (Fsp3) is 0.133. The summed E-state index contributed by atoms with van der Waals surface area (Å²) in [5.41, 5.74) is 2.24. The Morgan fingerprint density at radius 3 is 2.91 bits per heavy atom. The van der Waals surface area contributed by atoms with E-state index in [0.717, 1.165) is 17.1 Å². The molecule has 110 valence electrons. The molecule has 0 unspecified atom stereocenters. The zero-order valence-corrected chi connectivity index (χ0v) is 12.4. The number of benzene rings is 1. The Balaban J connectivity index is 1.74. The Bertz CT molecular complexity index is 904. The van der Waals surface area contributed by atoms with Gasteiger partial charge >= 0.3 is 0 Å². The van der Waals surface area contributed by atoms with Crippen molar-refractivity contribution >= 4 is 28.8 Å². The van der Waals surface area contributed by atoms with Crippen molar-refractivity contribution in [1.29, 1.82) is 0 Å². The minimum atomic E-state index is 0.237. The summed E-state index contributed by atoms with van der Waals surface area (Å²) in [4.78, 5) is 4.43. The van der Waals surface area contributed by atoms with E-state index in [1.165, 1.54) is 0 Å². The topological polar surface area (TPSA) is 60.5 Å². The molecule has 0 radical (unpaired) electrons. The third-order valence-electron chi connectivity index (χ3n) is 3.34. The van der Waals surface area contributed by atoms with Crippen LogP contribution in [0.4, 0.5) is 11.5 Å². The average Bonchev–Trinajstić information content (AvgIpc) is 3.08. The lowest BCUT2D eigenvalue weighted by Gasteiger charge is -1.98. The largest absolute Gasteiger partial charge is 0.454 e. The van der Waals surface area contributed by atoms with E-state index in [0.29, 0.717) is 22.3 Å². The molecule has 0 bridgehead atoms. The van der Waals surface area contributed by atoms with Gasteiger partial charge in [-0.1, -0.05) is 11.6 Å². The fourth-order valence-corrected chi connectivity index (χ4v) is 2.46. The third kappa shape index (κ3) is 2.17. The van der Waals surface area contributed by atoms with Gasteiger partial charge in [-0.2, -0.15) is 0 Å². The highest BCUT2D eigenvalue weighted by Crippen LogP contribution is 2.35. The summed E-state index contributed by atoms with van der Waals surface area (Å²) in [5, 5.41) is 9.17. The Morgan fingerprint density at radius 1 is 1.14 bits per heavy atom. The molecule has 6 nitrogen and oxygen atoms in total. The van der Waals surface area contributed by atoms with E-state index < -0.39 is 0 Å². The van der Waals surface area contributed by atoms with E-state index in [1.54, 1.807) is 18.3 Å². The maximum atomic E-state index is 6.03. The van der Waals surface area contributed by atoms with E-state index in [-0.39, 0.29) is 6.79 Å². The molecular formula is C15H11ClN4O2. The standard InChI is InChI=1S/C15H11ClN4O2/c1-9-15(20-7-10(16)2-5-14(20)17-9)19-18-11-3-4-12-13(6-11)22-8-21-12/h2-7H,8H2,1H3. The van der Waals surface area contributed by atoms with Crippen LogP contribution in [0.5, 0.6) is 11.5 Å². The number of hydrogen-bond acceptors (Lipinski definition) is 5. The minimum absolute atomic E-state index is 0.237. The van der Waals surface area contributed by atoms with Crippen LogP contribution in [0.15, 0.2) is 46.8 Å². The number of pyridine rings is 1. The Hall–Kier alpha value is -2.60. The number of rotatable bonds is 2. The van der Waals surface area contributed by atoms with E-state index in [4.69, 9.17) is 21.1 Å². The van der Waals surface area contributed by atoms with Gasteiger partial charge in [0.15, 0.2) is 17.3 Å². The predicted molar refractivity (Wildman–Crippen MR) is 81.7 cm³/mol. The summed E-state index contributed by atoms with van der Waals surface area (Å²) in [6.45, 7) is 2.12. The van der Waals surface area contributed by atoms with Gasteiger partial charge in [-0.25, -0.2) is 4.98 Å². The molecule has 4 rings (SSSR count). The van der Waals surface area contributed by atoms with Crippen LogP contribution in [0.2, 0.25) is 5.02 Å². The van der Waals surface area contributed by atoms with Crippen LogP contribution in [0.3, 0.4) is 0 Å². The number of aromatic nitrogens is 2. The Labute approximate surface area is 131 Å². The van der Waals surface area contributed by atoms with Crippen molar-refractivity contribution in [3.05, 3.63) is 47.2 Å². The summed E-state index contributed by atoms with van der Waals surface area (Å²) in [7, 11) is 0. The molecule has 1 aromatic carbocycles. The maximum absolute atomic E-state index is 6.03. The van der Waals surface area contributed by atoms with Gasteiger partial charge in [-0.15, -0.1) is 10.2 Å². The van der Waals surface area contributed by atoms with Gasteiger partial charge in [-0.3, -0.25) is 4.40 Å². The van der Waals surface area contributed by atoms with E-state index in [9.17, 15) is 0 Å². The number of fused-ring (bicyclic) bond motifs is 2. The van der Waals surface area contributed by atoms with Crippen LogP contribution < -0.4 is 9.47 Å². The second kappa shape index (κ2) is 4.99. The molecule has 3 heterocycles. The second-order valence-electron chi connectivity index (χ2n) is 4.83. The molecule has 22 heavy (non-hydrogen) atoms. The van der Waals surface area contributed by atoms with Gasteiger partial charge in [0.05, 0.1) is 16.4 Å². The molecule has 1 aliphatic rings. The number of hydrogen-bond donors (Lipinski definition) is 0. The zero-order valence-electron chi connectivity index (χ0n) is 11.7. The quantitative estimate of drug-likeness (QED) is 0.657. The van der Waals surface area contributed by atoms with Crippen LogP contribution in [-0.2, 0) is 0 Å². The fourth-order valence-electron chi connectivity index (χ4n) is 2.30. The lowest BCUT2D eigenvalue weighted by molar-refractivity contribution is 0.174. The van der Waals surface area contributed by atoms with Gasteiger partial charge in [0.25, 0.3) is 0 Å². The average molecular weight is 315 g/mol. The van der Waals surface area contributed by atoms with Gasteiger partial charge in [0.2, 0.25) is 6.79 Å². The summed E-state index contributed by atoms with van der Waals surface area (Å²) >= 11 is 6.03. The maximum Gasteiger partial charge on any atom is 0.231 e. The molecule has 1 aliphatic heterocycles. The lowest BCUT2D eigenvalue weighted by atomic mass is 10.3. The number of azo groups is 1. The molecule has 0 aliphatic carbocycles.